The van der Waals surface area contributed by atoms with Crippen molar-refractivity contribution in [2.24, 2.45) is 11.8 Å². The van der Waals surface area contributed by atoms with Crippen LogP contribution in [-0.4, -0.2) is 16.0 Å². The van der Waals surface area contributed by atoms with E-state index in [0.29, 0.717) is 17.8 Å². The highest BCUT2D eigenvalue weighted by Gasteiger charge is 2.28. The van der Waals surface area contributed by atoms with Crippen molar-refractivity contribution >= 4 is 11.6 Å². The van der Waals surface area contributed by atoms with E-state index in [1.807, 2.05) is 6.07 Å². The van der Waals surface area contributed by atoms with Gasteiger partial charge in [0.15, 0.2) is 0 Å². The van der Waals surface area contributed by atoms with Gasteiger partial charge in [-0.25, -0.2) is 15.8 Å². The Bertz CT molecular complexity index is 425. The molecule has 4 N–H and O–H groups in total. The second-order valence-corrected chi connectivity index (χ2v) is 5.54. The normalized spacial score (nSPS) is 21.2. The highest BCUT2D eigenvalue weighted by atomic mass is 15.3. The van der Waals surface area contributed by atoms with Crippen molar-refractivity contribution in [1.82, 2.24) is 9.97 Å². The van der Waals surface area contributed by atoms with Crippen molar-refractivity contribution in [2.75, 3.05) is 10.7 Å². The van der Waals surface area contributed by atoms with Crippen molar-refractivity contribution in [1.29, 1.82) is 0 Å². The van der Waals surface area contributed by atoms with Crippen LogP contribution in [0.15, 0.2) is 6.07 Å². The van der Waals surface area contributed by atoms with Gasteiger partial charge in [0.25, 0.3) is 0 Å². The molecule has 0 spiro atoms. The van der Waals surface area contributed by atoms with Crippen molar-refractivity contribution in [3.63, 3.8) is 0 Å². The van der Waals surface area contributed by atoms with E-state index in [0.717, 1.165) is 17.6 Å². The predicted octanol–water partition coefficient (Wildman–Crippen LogP) is 2.24. The van der Waals surface area contributed by atoms with E-state index in [-0.39, 0.29) is 0 Å². The minimum atomic E-state index is 0.478. The molecule has 1 unspecified atom stereocenters. The van der Waals surface area contributed by atoms with Crippen LogP contribution in [0, 0.1) is 5.92 Å². The van der Waals surface area contributed by atoms with Gasteiger partial charge in [0.2, 0.25) is 0 Å². The molecule has 0 amide bonds. The molecule has 5 nitrogen and oxygen atoms in total. The molecule has 0 radical (unpaired) electrons. The number of hydrogen-bond acceptors (Lipinski definition) is 5. The number of aromatic nitrogens is 2. The van der Waals surface area contributed by atoms with Crippen LogP contribution in [-0.2, 0) is 0 Å². The van der Waals surface area contributed by atoms with Crippen molar-refractivity contribution in [3.05, 3.63) is 11.9 Å². The van der Waals surface area contributed by atoms with Gasteiger partial charge in [-0.1, -0.05) is 6.42 Å². The van der Waals surface area contributed by atoms with Crippen LogP contribution in [0.25, 0.3) is 0 Å². The molecule has 0 bridgehead atoms. The summed E-state index contributed by atoms with van der Waals surface area (Å²) >= 11 is 0. The van der Waals surface area contributed by atoms with E-state index in [1.54, 1.807) is 0 Å². The Morgan fingerprint density at radius 2 is 1.94 bits per heavy atom. The highest BCUT2D eigenvalue weighted by Crippen LogP contribution is 2.39. The number of rotatable bonds is 5. The van der Waals surface area contributed by atoms with Gasteiger partial charge < -0.3 is 10.7 Å². The Morgan fingerprint density at radius 3 is 2.50 bits per heavy atom. The molecule has 1 aromatic rings. The quantitative estimate of drug-likeness (QED) is 0.549. The minimum Gasteiger partial charge on any atom is -0.367 e. The molecule has 2 aliphatic carbocycles. The minimum absolute atomic E-state index is 0.478. The second kappa shape index (κ2) is 4.72. The van der Waals surface area contributed by atoms with E-state index in [2.05, 4.69) is 27.6 Å². The maximum absolute atomic E-state index is 5.47. The van der Waals surface area contributed by atoms with Gasteiger partial charge in [-0.15, -0.1) is 0 Å². The predicted molar refractivity (Wildman–Crippen MR) is 72.2 cm³/mol. The standard InChI is InChI=1S/C13H21N5/c1-8(9-3-2-4-9)15-11-7-12(18-14)17-13(16-11)10-5-6-10/h7-10H,2-6,14H2,1H3,(H2,15,16,17,18). The average molecular weight is 247 g/mol. The molecule has 0 saturated heterocycles. The molecule has 1 aromatic heterocycles. The van der Waals surface area contributed by atoms with Crippen LogP contribution in [0.1, 0.15) is 50.8 Å². The second-order valence-electron chi connectivity index (χ2n) is 5.54. The van der Waals surface area contributed by atoms with Crippen LogP contribution in [0.3, 0.4) is 0 Å². The Balaban J connectivity index is 1.74. The molecule has 0 aromatic carbocycles. The van der Waals surface area contributed by atoms with Gasteiger partial charge in [0.1, 0.15) is 17.5 Å². The Hall–Kier alpha value is -1.36. The lowest BCUT2D eigenvalue weighted by atomic mass is 9.80. The molecule has 1 heterocycles. The van der Waals surface area contributed by atoms with E-state index in [9.17, 15) is 0 Å². The summed E-state index contributed by atoms with van der Waals surface area (Å²) < 4.78 is 0. The molecule has 3 rings (SSSR count). The molecule has 2 fully saturated rings. The number of hydrazine groups is 1. The number of anilines is 2. The zero-order valence-corrected chi connectivity index (χ0v) is 10.8. The van der Waals surface area contributed by atoms with Crippen LogP contribution < -0.4 is 16.6 Å². The molecule has 98 valence electrons. The number of nitrogen functional groups attached to an aromatic ring is 1. The van der Waals surface area contributed by atoms with Crippen LogP contribution in [0.4, 0.5) is 11.6 Å². The largest absolute Gasteiger partial charge is 0.367 e. The number of nitrogens with two attached hydrogens (primary N) is 1. The summed E-state index contributed by atoms with van der Waals surface area (Å²) in [5.74, 6) is 9.33. The summed E-state index contributed by atoms with van der Waals surface area (Å²) in [5.41, 5.74) is 2.63. The van der Waals surface area contributed by atoms with Gasteiger partial charge in [-0.3, -0.25) is 0 Å². The van der Waals surface area contributed by atoms with Crippen LogP contribution in [0.2, 0.25) is 0 Å². The summed E-state index contributed by atoms with van der Waals surface area (Å²) in [6, 6.07) is 2.37. The van der Waals surface area contributed by atoms with Crippen molar-refractivity contribution < 1.29 is 0 Å². The number of nitrogens with zero attached hydrogens (tertiary/aromatic N) is 2. The van der Waals surface area contributed by atoms with Crippen molar-refractivity contribution in [3.8, 4) is 0 Å². The Morgan fingerprint density at radius 1 is 1.22 bits per heavy atom. The molecule has 0 aliphatic heterocycles. The average Bonchev–Trinajstić information content (AvgIpc) is 3.09. The van der Waals surface area contributed by atoms with Crippen LogP contribution in [0.5, 0.6) is 0 Å². The van der Waals surface area contributed by atoms with Gasteiger partial charge in [0.05, 0.1) is 0 Å². The van der Waals surface area contributed by atoms with Gasteiger partial charge in [0, 0.05) is 18.0 Å². The third-order valence-electron chi connectivity index (χ3n) is 4.07. The maximum Gasteiger partial charge on any atom is 0.145 e. The summed E-state index contributed by atoms with van der Waals surface area (Å²) in [6.45, 7) is 2.23. The Labute approximate surface area is 108 Å². The first-order valence-electron chi connectivity index (χ1n) is 6.88. The molecule has 5 heteroatoms. The molecular formula is C13H21N5. The third kappa shape index (κ3) is 2.41. The first-order valence-corrected chi connectivity index (χ1v) is 6.88. The first-order chi connectivity index (χ1) is 8.76. The summed E-state index contributed by atoms with van der Waals surface area (Å²) in [6.07, 6.45) is 6.42. The fourth-order valence-corrected chi connectivity index (χ4v) is 2.43. The van der Waals surface area contributed by atoms with Gasteiger partial charge in [-0.05, 0) is 38.5 Å². The van der Waals surface area contributed by atoms with Gasteiger partial charge in [-0.2, -0.15) is 0 Å². The van der Waals surface area contributed by atoms with Gasteiger partial charge >= 0.3 is 0 Å². The van der Waals surface area contributed by atoms with E-state index in [1.165, 1.54) is 32.1 Å². The van der Waals surface area contributed by atoms with E-state index >= 15 is 0 Å². The smallest absolute Gasteiger partial charge is 0.145 e. The molecule has 2 saturated carbocycles. The molecular weight excluding hydrogens is 226 g/mol. The summed E-state index contributed by atoms with van der Waals surface area (Å²) in [7, 11) is 0. The molecule has 1 atom stereocenters. The lowest BCUT2D eigenvalue weighted by Crippen LogP contribution is -2.31. The summed E-state index contributed by atoms with van der Waals surface area (Å²) in [4.78, 5) is 9.02. The summed E-state index contributed by atoms with van der Waals surface area (Å²) in [5, 5.41) is 3.49. The number of hydrogen-bond donors (Lipinski definition) is 3. The molecule has 2 aliphatic rings. The van der Waals surface area contributed by atoms with Crippen molar-refractivity contribution in [2.45, 2.75) is 51.0 Å². The highest BCUT2D eigenvalue weighted by molar-refractivity contribution is 5.48. The maximum atomic E-state index is 5.47. The number of nitrogens with one attached hydrogen (secondary N) is 2. The van der Waals surface area contributed by atoms with E-state index in [4.69, 9.17) is 5.84 Å². The van der Waals surface area contributed by atoms with E-state index < -0.39 is 0 Å². The lowest BCUT2D eigenvalue weighted by molar-refractivity contribution is 0.285. The fraction of sp³-hybridized carbons (Fsp3) is 0.692. The molecule has 18 heavy (non-hydrogen) atoms. The monoisotopic (exact) mass is 247 g/mol. The van der Waals surface area contributed by atoms with Crippen LogP contribution >= 0.6 is 0 Å². The lowest BCUT2D eigenvalue weighted by Gasteiger charge is -2.32. The fourth-order valence-electron chi connectivity index (χ4n) is 2.43. The SMILES string of the molecule is CC(Nc1cc(NN)nc(C2CC2)n1)C1CCC1. The third-order valence-corrected chi connectivity index (χ3v) is 4.07. The first kappa shape index (κ1) is 11.7. The zero-order valence-electron chi connectivity index (χ0n) is 10.8. The Kier molecular flexibility index (Phi) is 3.07. The topological polar surface area (TPSA) is 75.9 Å². The zero-order chi connectivity index (χ0) is 12.5.